The van der Waals surface area contributed by atoms with Crippen molar-refractivity contribution in [3.63, 3.8) is 0 Å². The third-order valence-electron chi connectivity index (χ3n) is 2.28. The molecule has 0 aliphatic carbocycles. The Morgan fingerprint density at radius 1 is 1.50 bits per heavy atom. The minimum absolute atomic E-state index is 0.0637. The Hall–Kier alpha value is -1.06. The van der Waals surface area contributed by atoms with Gasteiger partial charge in [0.1, 0.15) is 5.82 Å². The molecule has 2 N–H and O–H groups in total. The standard InChI is InChI=1S/C10H12ClN3/c1-6(12)10-13-8-5-7(11)3-4-9(8)14(10)2/h3-6H,12H2,1-2H3/t6-/m1/s1. The lowest BCUT2D eigenvalue weighted by molar-refractivity contribution is 0.696. The first-order valence-corrected chi connectivity index (χ1v) is 4.85. The van der Waals surface area contributed by atoms with Crippen molar-refractivity contribution in [3.05, 3.63) is 29.0 Å². The van der Waals surface area contributed by atoms with Gasteiger partial charge in [0, 0.05) is 12.1 Å². The molecule has 3 nitrogen and oxygen atoms in total. The zero-order valence-electron chi connectivity index (χ0n) is 8.16. The minimum Gasteiger partial charge on any atom is -0.330 e. The van der Waals surface area contributed by atoms with E-state index in [1.165, 1.54) is 0 Å². The molecule has 1 aromatic carbocycles. The van der Waals surface area contributed by atoms with Gasteiger partial charge in [-0.2, -0.15) is 0 Å². The monoisotopic (exact) mass is 209 g/mol. The topological polar surface area (TPSA) is 43.8 Å². The molecule has 1 heterocycles. The van der Waals surface area contributed by atoms with Crippen molar-refractivity contribution in [1.29, 1.82) is 0 Å². The summed E-state index contributed by atoms with van der Waals surface area (Å²) in [5, 5.41) is 0.701. The van der Waals surface area contributed by atoms with Gasteiger partial charge in [-0.05, 0) is 25.1 Å². The molecular formula is C10H12ClN3. The largest absolute Gasteiger partial charge is 0.330 e. The number of halogens is 1. The molecule has 0 aliphatic heterocycles. The Kier molecular flexibility index (Phi) is 2.21. The summed E-state index contributed by atoms with van der Waals surface area (Å²) >= 11 is 5.88. The van der Waals surface area contributed by atoms with Crippen LogP contribution in [-0.2, 0) is 7.05 Å². The molecule has 0 aliphatic rings. The molecular weight excluding hydrogens is 198 g/mol. The predicted molar refractivity (Wildman–Crippen MR) is 58.3 cm³/mol. The second-order valence-electron chi connectivity index (χ2n) is 3.45. The highest BCUT2D eigenvalue weighted by Gasteiger charge is 2.10. The third kappa shape index (κ3) is 1.38. The molecule has 4 heteroatoms. The normalized spacial score (nSPS) is 13.4. The second-order valence-corrected chi connectivity index (χ2v) is 3.89. The lowest BCUT2D eigenvalue weighted by atomic mass is 10.3. The van der Waals surface area contributed by atoms with E-state index in [0.29, 0.717) is 5.02 Å². The number of aromatic nitrogens is 2. The number of imidazole rings is 1. The average molecular weight is 210 g/mol. The van der Waals surface area contributed by atoms with Crippen LogP contribution in [0.1, 0.15) is 18.8 Å². The highest BCUT2D eigenvalue weighted by molar-refractivity contribution is 6.31. The molecule has 2 aromatic rings. The van der Waals surface area contributed by atoms with Gasteiger partial charge in [0.25, 0.3) is 0 Å². The number of fused-ring (bicyclic) bond motifs is 1. The molecule has 0 bridgehead atoms. The number of rotatable bonds is 1. The van der Waals surface area contributed by atoms with Gasteiger partial charge in [-0.15, -0.1) is 0 Å². The van der Waals surface area contributed by atoms with E-state index in [1.807, 2.05) is 36.7 Å². The quantitative estimate of drug-likeness (QED) is 0.783. The van der Waals surface area contributed by atoms with Gasteiger partial charge < -0.3 is 10.3 Å². The van der Waals surface area contributed by atoms with Crippen LogP contribution in [0, 0.1) is 0 Å². The van der Waals surface area contributed by atoms with Gasteiger partial charge in [-0.25, -0.2) is 4.98 Å². The van der Waals surface area contributed by atoms with Gasteiger partial charge in [0.05, 0.1) is 17.1 Å². The lowest BCUT2D eigenvalue weighted by Crippen LogP contribution is -2.11. The van der Waals surface area contributed by atoms with Crippen molar-refractivity contribution in [1.82, 2.24) is 9.55 Å². The summed E-state index contributed by atoms with van der Waals surface area (Å²) in [7, 11) is 1.96. The van der Waals surface area contributed by atoms with Crippen molar-refractivity contribution >= 4 is 22.6 Å². The number of benzene rings is 1. The molecule has 0 fully saturated rings. The maximum atomic E-state index is 5.88. The van der Waals surface area contributed by atoms with Crippen molar-refractivity contribution < 1.29 is 0 Å². The number of nitrogens with two attached hydrogens (primary N) is 1. The first kappa shape index (κ1) is 9.49. The fourth-order valence-corrected chi connectivity index (χ4v) is 1.77. The zero-order valence-corrected chi connectivity index (χ0v) is 8.92. The summed E-state index contributed by atoms with van der Waals surface area (Å²) in [5.41, 5.74) is 7.75. The Bertz CT molecular complexity index is 473. The summed E-state index contributed by atoms with van der Waals surface area (Å²) in [6.45, 7) is 1.92. The summed E-state index contributed by atoms with van der Waals surface area (Å²) in [4.78, 5) is 4.43. The van der Waals surface area contributed by atoms with E-state index in [2.05, 4.69) is 4.98 Å². The number of nitrogens with zero attached hydrogens (tertiary/aromatic N) is 2. The predicted octanol–water partition coefficient (Wildman–Crippen LogP) is 2.25. The summed E-state index contributed by atoms with van der Waals surface area (Å²) in [6.07, 6.45) is 0. The smallest absolute Gasteiger partial charge is 0.126 e. The number of hydrogen-bond donors (Lipinski definition) is 1. The Morgan fingerprint density at radius 2 is 2.21 bits per heavy atom. The second kappa shape index (κ2) is 3.26. The summed E-state index contributed by atoms with van der Waals surface area (Å²) in [6, 6.07) is 5.60. The van der Waals surface area contributed by atoms with Gasteiger partial charge >= 0.3 is 0 Å². The zero-order chi connectivity index (χ0) is 10.3. The van der Waals surface area contributed by atoms with Gasteiger partial charge in [-0.3, -0.25) is 0 Å². The van der Waals surface area contributed by atoms with E-state index in [9.17, 15) is 0 Å². The molecule has 1 atom stereocenters. The lowest BCUT2D eigenvalue weighted by Gasteiger charge is -2.04. The summed E-state index contributed by atoms with van der Waals surface area (Å²) < 4.78 is 2.00. The molecule has 0 amide bonds. The van der Waals surface area contributed by atoms with Crippen molar-refractivity contribution in [2.24, 2.45) is 12.8 Å². The molecule has 0 saturated carbocycles. The van der Waals surface area contributed by atoms with Crippen LogP contribution in [0.3, 0.4) is 0 Å². The van der Waals surface area contributed by atoms with Crippen LogP contribution < -0.4 is 5.73 Å². The maximum absolute atomic E-state index is 5.88. The van der Waals surface area contributed by atoms with E-state index in [4.69, 9.17) is 17.3 Å². The average Bonchev–Trinajstić information content (AvgIpc) is 2.43. The molecule has 2 rings (SSSR count). The maximum Gasteiger partial charge on any atom is 0.126 e. The van der Waals surface area contributed by atoms with Crippen LogP contribution in [0.4, 0.5) is 0 Å². The Labute approximate surface area is 87.5 Å². The molecule has 74 valence electrons. The number of aryl methyl sites for hydroxylation is 1. The Balaban J connectivity index is 2.73. The van der Waals surface area contributed by atoms with Crippen molar-refractivity contribution in [2.45, 2.75) is 13.0 Å². The van der Waals surface area contributed by atoms with E-state index < -0.39 is 0 Å². The van der Waals surface area contributed by atoms with Crippen LogP contribution in [0.25, 0.3) is 11.0 Å². The van der Waals surface area contributed by atoms with Crippen LogP contribution in [-0.4, -0.2) is 9.55 Å². The highest BCUT2D eigenvalue weighted by atomic mass is 35.5. The third-order valence-corrected chi connectivity index (χ3v) is 2.52. The fraction of sp³-hybridized carbons (Fsp3) is 0.300. The molecule has 0 radical (unpaired) electrons. The van der Waals surface area contributed by atoms with Crippen LogP contribution in [0.5, 0.6) is 0 Å². The minimum atomic E-state index is -0.0637. The van der Waals surface area contributed by atoms with Gasteiger partial charge in [0.15, 0.2) is 0 Å². The van der Waals surface area contributed by atoms with Crippen LogP contribution in [0.15, 0.2) is 18.2 Å². The van der Waals surface area contributed by atoms with Gasteiger partial charge in [0.2, 0.25) is 0 Å². The Morgan fingerprint density at radius 3 is 2.86 bits per heavy atom. The molecule has 0 unspecified atom stereocenters. The first-order valence-electron chi connectivity index (χ1n) is 4.47. The van der Waals surface area contributed by atoms with E-state index >= 15 is 0 Å². The van der Waals surface area contributed by atoms with E-state index in [1.54, 1.807) is 0 Å². The van der Waals surface area contributed by atoms with Crippen LogP contribution in [0.2, 0.25) is 5.02 Å². The molecule has 0 spiro atoms. The van der Waals surface area contributed by atoms with Crippen LogP contribution >= 0.6 is 11.6 Å². The van der Waals surface area contributed by atoms with Crippen molar-refractivity contribution in [3.8, 4) is 0 Å². The first-order chi connectivity index (χ1) is 6.59. The van der Waals surface area contributed by atoms with E-state index in [-0.39, 0.29) is 6.04 Å². The highest BCUT2D eigenvalue weighted by Crippen LogP contribution is 2.21. The molecule has 1 aromatic heterocycles. The SMILES string of the molecule is C[C@@H](N)c1nc2cc(Cl)ccc2n1C. The fourth-order valence-electron chi connectivity index (χ4n) is 1.60. The van der Waals surface area contributed by atoms with Crippen molar-refractivity contribution in [2.75, 3.05) is 0 Å². The molecule has 14 heavy (non-hydrogen) atoms. The van der Waals surface area contributed by atoms with E-state index in [0.717, 1.165) is 16.9 Å². The van der Waals surface area contributed by atoms with Gasteiger partial charge in [-0.1, -0.05) is 11.6 Å². The molecule has 0 saturated heterocycles. The summed E-state index contributed by atoms with van der Waals surface area (Å²) in [5.74, 6) is 0.877. The number of hydrogen-bond acceptors (Lipinski definition) is 2.